The van der Waals surface area contributed by atoms with Crippen LogP contribution >= 0.6 is 0 Å². The van der Waals surface area contributed by atoms with E-state index in [-0.39, 0.29) is 6.04 Å². The predicted octanol–water partition coefficient (Wildman–Crippen LogP) is 3.03. The minimum Gasteiger partial charge on any atom is -0.379 e. The zero-order chi connectivity index (χ0) is 13.9. The average Bonchev–Trinajstić information content (AvgIpc) is 2.42. The summed E-state index contributed by atoms with van der Waals surface area (Å²) in [6.07, 6.45) is 0. The van der Waals surface area contributed by atoms with E-state index in [0.29, 0.717) is 25.7 Å². The Balaban J connectivity index is 2.23. The molecule has 0 aliphatic carbocycles. The van der Waals surface area contributed by atoms with Gasteiger partial charge in [0.1, 0.15) is 0 Å². The molecule has 3 heteroatoms. The fraction of sp³-hybridized carbons (Fsp3) is 0.625. The van der Waals surface area contributed by atoms with Crippen molar-refractivity contribution < 1.29 is 9.47 Å². The highest BCUT2D eigenvalue weighted by Gasteiger charge is 2.09. The molecule has 0 fully saturated rings. The predicted molar refractivity (Wildman–Crippen MR) is 79.3 cm³/mol. The number of benzene rings is 1. The molecule has 1 atom stereocenters. The molecular weight excluding hydrogens is 238 g/mol. The molecule has 0 bridgehead atoms. The second-order valence-electron chi connectivity index (χ2n) is 5.06. The minimum absolute atomic E-state index is 0.260. The van der Waals surface area contributed by atoms with Gasteiger partial charge >= 0.3 is 0 Å². The first-order valence-electron chi connectivity index (χ1n) is 7.17. The molecule has 1 rings (SSSR count). The molecule has 0 heterocycles. The summed E-state index contributed by atoms with van der Waals surface area (Å²) in [5, 5.41) is 3.44. The van der Waals surface area contributed by atoms with Gasteiger partial charge in [-0.15, -0.1) is 0 Å². The maximum absolute atomic E-state index is 5.70. The van der Waals surface area contributed by atoms with Gasteiger partial charge in [0.2, 0.25) is 0 Å². The average molecular weight is 265 g/mol. The van der Waals surface area contributed by atoms with Gasteiger partial charge in [0, 0.05) is 6.61 Å². The van der Waals surface area contributed by atoms with Crippen molar-refractivity contribution in [2.75, 3.05) is 33.0 Å². The Hall–Kier alpha value is -0.900. The highest BCUT2D eigenvalue weighted by molar-refractivity contribution is 5.18. The lowest BCUT2D eigenvalue weighted by atomic mass is 10.1. The lowest BCUT2D eigenvalue weighted by Gasteiger charge is -2.18. The van der Waals surface area contributed by atoms with Crippen molar-refractivity contribution in [1.82, 2.24) is 5.32 Å². The summed E-state index contributed by atoms with van der Waals surface area (Å²) >= 11 is 0. The molecule has 0 aliphatic rings. The van der Waals surface area contributed by atoms with E-state index in [1.54, 1.807) is 0 Å². The maximum Gasteiger partial charge on any atom is 0.0701 e. The van der Waals surface area contributed by atoms with E-state index in [1.165, 1.54) is 5.56 Å². The summed E-state index contributed by atoms with van der Waals surface area (Å²) in [6.45, 7) is 10.2. The first kappa shape index (κ1) is 16.2. The molecule has 0 aliphatic heterocycles. The van der Waals surface area contributed by atoms with Gasteiger partial charge in [0.15, 0.2) is 0 Å². The second kappa shape index (κ2) is 9.96. The fourth-order valence-electron chi connectivity index (χ4n) is 1.84. The van der Waals surface area contributed by atoms with Crippen molar-refractivity contribution in [3.8, 4) is 0 Å². The number of hydrogen-bond acceptors (Lipinski definition) is 3. The van der Waals surface area contributed by atoms with Gasteiger partial charge in [-0.25, -0.2) is 0 Å². The van der Waals surface area contributed by atoms with Crippen molar-refractivity contribution in [3.05, 3.63) is 35.9 Å². The van der Waals surface area contributed by atoms with E-state index in [0.717, 1.165) is 13.2 Å². The van der Waals surface area contributed by atoms with Gasteiger partial charge in [-0.05, 0) is 18.0 Å². The maximum atomic E-state index is 5.70. The molecular formula is C16H27NO2. The van der Waals surface area contributed by atoms with Gasteiger partial charge < -0.3 is 14.8 Å². The Kier molecular flexibility index (Phi) is 8.47. The van der Waals surface area contributed by atoms with Crippen LogP contribution in [0.5, 0.6) is 0 Å². The van der Waals surface area contributed by atoms with Crippen LogP contribution in [0.2, 0.25) is 0 Å². The zero-order valence-electron chi connectivity index (χ0n) is 12.4. The molecule has 0 saturated carbocycles. The lowest BCUT2D eigenvalue weighted by molar-refractivity contribution is 0.0304. The molecule has 0 amide bonds. The van der Waals surface area contributed by atoms with Gasteiger partial charge in [-0.1, -0.05) is 51.1 Å². The second-order valence-corrected chi connectivity index (χ2v) is 5.06. The molecule has 19 heavy (non-hydrogen) atoms. The van der Waals surface area contributed by atoms with Crippen LogP contribution in [0.4, 0.5) is 0 Å². The normalized spacial score (nSPS) is 12.8. The SMILES string of the molecule is CCNC(COCCOCC(C)C)c1ccccc1. The Morgan fingerprint density at radius 2 is 1.63 bits per heavy atom. The van der Waals surface area contributed by atoms with Crippen molar-refractivity contribution in [2.45, 2.75) is 26.8 Å². The van der Waals surface area contributed by atoms with E-state index < -0.39 is 0 Å². The Morgan fingerprint density at radius 1 is 1.00 bits per heavy atom. The molecule has 1 aromatic rings. The smallest absolute Gasteiger partial charge is 0.0701 e. The largest absolute Gasteiger partial charge is 0.379 e. The molecule has 0 saturated heterocycles. The summed E-state index contributed by atoms with van der Waals surface area (Å²) in [7, 11) is 0. The van der Waals surface area contributed by atoms with Crippen molar-refractivity contribution in [3.63, 3.8) is 0 Å². The van der Waals surface area contributed by atoms with Crippen LogP contribution in [0.1, 0.15) is 32.4 Å². The Labute approximate surface area is 117 Å². The summed E-state index contributed by atoms with van der Waals surface area (Å²) in [5.74, 6) is 0.582. The van der Waals surface area contributed by atoms with Crippen LogP contribution in [0, 0.1) is 5.92 Å². The quantitative estimate of drug-likeness (QED) is 0.660. The molecule has 1 unspecified atom stereocenters. The molecule has 0 aromatic heterocycles. The number of rotatable bonds is 10. The third-order valence-corrected chi connectivity index (χ3v) is 2.76. The minimum atomic E-state index is 0.260. The van der Waals surface area contributed by atoms with E-state index in [9.17, 15) is 0 Å². The zero-order valence-corrected chi connectivity index (χ0v) is 12.4. The van der Waals surface area contributed by atoms with Crippen LogP contribution in [-0.2, 0) is 9.47 Å². The molecule has 108 valence electrons. The van der Waals surface area contributed by atoms with E-state index >= 15 is 0 Å². The van der Waals surface area contributed by atoms with Crippen LogP contribution in [0.3, 0.4) is 0 Å². The molecule has 0 spiro atoms. The first-order chi connectivity index (χ1) is 9.24. The van der Waals surface area contributed by atoms with Crippen molar-refractivity contribution in [1.29, 1.82) is 0 Å². The van der Waals surface area contributed by atoms with Crippen LogP contribution in [0.15, 0.2) is 30.3 Å². The highest BCUT2D eigenvalue weighted by Crippen LogP contribution is 2.12. The monoisotopic (exact) mass is 265 g/mol. The summed E-state index contributed by atoms with van der Waals surface area (Å²) in [4.78, 5) is 0. The molecule has 0 radical (unpaired) electrons. The molecule has 1 aromatic carbocycles. The number of hydrogen-bond donors (Lipinski definition) is 1. The topological polar surface area (TPSA) is 30.5 Å². The molecule has 1 N–H and O–H groups in total. The van der Waals surface area contributed by atoms with Crippen molar-refractivity contribution >= 4 is 0 Å². The Morgan fingerprint density at radius 3 is 2.21 bits per heavy atom. The van der Waals surface area contributed by atoms with Gasteiger partial charge in [0.25, 0.3) is 0 Å². The number of nitrogens with one attached hydrogen (secondary N) is 1. The van der Waals surface area contributed by atoms with Gasteiger partial charge in [-0.2, -0.15) is 0 Å². The third kappa shape index (κ3) is 7.31. The third-order valence-electron chi connectivity index (χ3n) is 2.76. The molecule has 3 nitrogen and oxygen atoms in total. The number of likely N-dealkylation sites (N-methyl/N-ethyl adjacent to an activating group) is 1. The highest BCUT2D eigenvalue weighted by atomic mass is 16.5. The van der Waals surface area contributed by atoms with Crippen molar-refractivity contribution in [2.24, 2.45) is 5.92 Å². The van der Waals surface area contributed by atoms with Gasteiger partial charge in [-0.3, -0.25) is 0 Å². The Bertz CT molecular complexity index is 314. The number of ether oxygens (including phenoxy) is 2. The summed E-state index contributed by atoms with van der Waals surface area (Å²) in [5.41, 5.74) is 1.27. The van der Waals surface area contributed by atoms with Crippen LogP contribution in [-0.4, -0.2) is 33.0 Å². The van der Waals surface area contributed by atoms with E-state index in [1.807, 2.05) is 6.07 Å². The standard InChI is InChI=1S/C16H27NO2/c1-4-17-16(15-8-6-5-7-9-15)13-19-11-10-18-12-14(2)3/h5-9,14,16-17H,4,10-13H2,1-3H3. The van der Waals surface area contributed by atoms with Crippen LogP contribution < -0.4 is 5.32 Å². The fourth-order valence-corrected chi connectivity index (χ4v) is 1.84. The lowest BCUT2D eigenvalue weighted by Crippen LogP contribution is -2.26. The first-order valence-corrected chi connectivity index (χ1v) is 7.17. The van der Waals surface area contributed by atoms with Crippen LogP contribution in [0.25, 0.3) is 0 Å². The van der Waals surface area contributed by atoms with E-state index in [2.05, 4.69) is 50.4 Å². The summed E-state index contributed by atoms with van der Waals surface area (Å²) in [6, 6.07) is 10.7. The summed E-state index contributed by atoms with van der Waals surface area (Å²) < 4.78 is 11.2. The van der Waals surface area contributed by atoms with Gasteiger partial charge in [0.05, 0.1) is 25.9 Å². The van der Waals surface area contributed by atoms with E-state index in [4.69, 9.17) is 9.47 Å².